The molecule has 1 aromatic carbocycles. The minimum atomic E-state index is -0.583. The normalized spacial score (nSPS) is 12.4. The highest BCUT2D eigenvalue weighted by atomic mass is 32.1. The third-order valence-corrected chi connectivity index (χ3v) is 5.25. The van der Waals surface area contributed by atoms with Gasteiger partial charge in [-0.25, -0.2) is 4.79 Å². The first kappa shape index (κ1) is 26.6. The fourth-order valence-corrected chi connectivity index (χ4v) is 3.44. The van der Waals surface area contributed by atoms with Crippen LogP contribution in [0.1, 0.15) is 57.2 Å². The molecular weight excluding hydrogens is 440 g/mol. The fourth-order valence-electron chi connectivity index (χ4n) is 3.27. The zero-order valence-electron chi connectivity index (χ0n) is 20.8. The summed E-state index contributed by atoms with van der Waals surface area (Å²) in [6, 6.07) is 6.35. The predicted octanol–water partition coefficient (Wildman–Crippen LogP) is 4.61. The predicted molar refractivity (Wildman–Crippen MR) is 134 cm³/mol. The molecule has 2 rings (SSSR count). The number of amides is 1. The second-order valence-electron chi connectivity index (χ2n) is 9.14. The molecule has 3 N–H and O–H groups in total. The maximum absolute atomic E-state index is 11.8. The van der Waals surface area contributed by atoms with Crippen LogP contribution < -0.4 is 15.4 Å². The fraction of sp³-hybridized carbons (Fsp3) is 0.542. The van der Waals surface area contributed by atoms with Crippen LogP contribution >= 0.6 is 12.2 Å². The van der Waals surface area contributed by atoms with Crippen LogP contribution in [0.2, 0.25) is 0 Å². The maximum Gasteiger partial charge on any atom is 0.413 e. The first-order valence-corrected chi connectivity index (χ1v) is 11.4. The average molecular weight is 477 g/mol. The van der Waals surface area contributed by atoms with Gasteiger partial charge < -0.3 is 19.5 Å². The Morgan fingerprint density at radius 2 is 1.82 bits per heavy atom. The van der Waals surface area contributed by atoms with Crippen molar-refractivity contribution in [1.82, 2.24) is 20.8 Å². The zero-order valence-corrected chi connectivity index (χ0v) is 21.6. The minimum Gasteiger partial charge on any atom is -0.473 e. The summed E-state index contributed by atoms with van der Waals surface area (Å²) >= 11 is 5.25. The summed E-state index contributed by atoms with van der Waals surface area (Å²) in [7, 11) is 1.65. The van der Waals surface area contributed by atoms with Gasteiger partial charge in [0.2, 0.25) is 5.88 Å². The Bertz CT molecular complexity index is 951. The molecular formula is C24H36N4O4S. The molecule has 1 aromatic heterocycles. The Morgan fingerprint density at radius 3 is 2.39 bits per heavy atom. The summed E-state index contributed by atoms with van der Waals surface area (Å²) in [4.78, 5) is 11.8. The standard InChI is InChI=1S/C24H36N4O4S/c1-14(2)32-23(29)26-22(33)25-12-17(5)19-20(18-10-15(3)9-16(4)11-18)27-28-21(19)31-13-24(6,7)30-8/h9-11,14,17H,12-13H2,1-8H3,(H,27,28)(H2,25,26,29,33)/t17-/m1/s1. The Hall–Kier alpha value is -2.65. The Balaban J connectivity index is 2.26. The molecule has 0 aliphatic rings. The molecule has 0 fully saturated rings. The van der Waals surface area contributed by atoms with E-state index in [0.717, 1.165) is 27.9 Å². The number of carbonyl (C=O) groups excluding carboxylic acids is 1. The van der Waals surface area contributed by atoms with Crippen LogP contribution in [0.25, 0.3) is 11.3 Å². The van der Waals surface area contributed by atoms with E-state index in [1.807, 2.05) is 20.8 Å². The van der Waals surface area contributed by atoms with Gasteiger partial charge in [0.05, 0.1) is 17.4 Å². The molecule has 8 nitrogen and oxygen atoms in total. The summed E-state index contributed by atoms with van der Waals surface area (Å²) in [5, 5.41) is 13.4. The van der Waals surface area contributed by atoms with E-state index in [1.54, 1.807) is 21.0 Å². The van der Waals surface area contributed by atoms with Gasteiger partial charge in [0, 0.05) is 30.7 Å². The Morgan fingerprint density at radius 1 is 1.18 bits per heavy atom. The van der Waals surface area contributed by atoms with Gasteiger partial charge in [0.15, 0.2) is 5.11 Å². The number of rotatable bonds is 9. The van der Waals surface area contributed by atoms with Gasteiger partial charge in [-0.05, 0) is 65.9 Å². The van der Waals surface area contributed by atoms with E-state index in [0.29, 0.717) is 19.0 Å². The van der Waals surface area contributed by atoms with Crippen LogP contribution in [-0.2, 0) is 9.47 Å². The number of methoxy groups -OCH3 is 1. The van der Waals surface area contributed by atoms with Crippen molar-refractivity contribution < 1.29 is 19.0 Å². The smallest absolute Gasteiger partial charge is 0.413 e. The number of hydrogen-bond acceptors (Lipinski definition) is 6. The van der Waals surface area contributed by atoms with Gasteiger partial charge in [-0.15, -0.1) is 5.10 Å². The number of aromatic amines is 1. The molecule has 0 saturated heterocycles. The molecule has 1 atom stereocenters. The lowest BCUT2D eigenvalue weighted by molar-refractivity contribution is -0.0160. The molecule has 0 spiro atoms. The first-order valence-electron chi connectivity index (χ1n) is 11.0. The number of thiocarbonyl (C=S) groups is 1. The van der Waals surface area contributed by atoms with Crippen molar-refractivity contribution in [2.75, 3.05) is 20.3 Å². The summed E-state index contributed by atoms with van der Waals surface area (Å²) in [6.45, 7) is 14.4. The number of alkyl carbamates (subject to hydrolysis) is 1. The third-order valence-electron chi connectivity index (χ3n) is 5.01. The van der Waals surface area contributed by atoms with Gasteiger partial charge in [0.25, 0.3) is 0 Å². The molecule has 2 aromatic rings. The highest BCUT2D eigenvalue weighted by Gasteiger charge is 2.25. The van der Waals surface area contributed by atoms with Crippen molar-refractivity contribution in [3.8, 4) is 17.1 Å². The van der Waals surface area contributed by atoms with Crippen LogP contribution in [0.4, 0.5) is 4.79 Å². The lowest BCUT2D eigenvalue weighted by atomic mass is 9.95. The molecule has 0 aliphatic carbocycles. The van der Waals surface area contributed by atoms with E-state index in [2.05, 4.69) is 52.9 Å². The van der Waals surface area contributed by atoms with Crippen molar-refractivity contribution in [3.63, 3.8) is 0 Å². The number of H-pyrrole nitrogens is 1. The van der Waals surface area contributed by atoms with Gasteiger partial charge in [-0.2, -0.15) is 0 Å². The number of nitrogens with one attached hydrogen (secondary N) is 3. The topological polar surface area (TPSA) is 97.5 Å². The average Bonchev–Trinajstić information content (AvgIpc) is 3.13. The first-order chi connectivity index (χ1) is 15.4. The molecule has 0 unspecified atom stereocenters. The highest BCUT2D eigenvalue weighted by Crippen LogP contribution is 2.35. The largest absolute Gasteiger partial charge is 0.473 e. The summed E-state index contributed by atoms with van der Waals surface area (Å²) in [6.07, 6.45) is -0.811. The molecule has 0 radical (unpaired) electrons. The van der Waals surface area contributed by atoms with Crippen LogP contribution in [0.5, 0.6) is 5.88 Å². The number of aryl methyl sites for hydroxylation is 2. The van der Waals surface area contributed by atoms with Crippen LogP contribution in [0.3, 0.4) is 0 Å². The van der Waals surface area contributed by atoms with E-state index in [1.165, 1.54) is 0 Å². The maximum atomic E-state index is 11.8. The van der Waals surface area contributed by atoms with Gasteiger partial charge >= 0.3 is 6.09 Å². The summed E-state index contributed by atoms with van der Waals surface area (Å²) in [5.41, 5.74) is 4.71. The van der Waals surface area contributed by atoms with Gasteiger partial charge in [0.1, 0.15) is 6.61 Å². The number of carbonyl (C=O) groups is 1. The van der Waals surface area contributed by atoms with Crippen molar-refractivity contribution in [2.24, 2.45) is 0 Å². The number of aromatic nitrogens is 2. The molecule has 0 saturated carbocycles. The van der Waals surface area contributed by atoms with E-state index < -0.39 is 11.7 Å². The SMILES string of the molecule is COC(C)(C)COc1n[nH]c(-c2cc(C)cc(C)c2)c1[C@H](C)CNC(=S)NC(=O)OC(C)C. The Kier molecular flexibility index (Phi) is 9.25. The molecule has 0 aliphatic heterocycles. The highest BCUT2D eigenvalue weighted by molar-refractivity contribution is 7.80. The number of ether oxygens (including phenoxy) is 3. The van der Waals surface area contributed by atoms with Gasteiger partial charge in [-0.1, -0.05) is 24.1 Å². The quantitative estimate of drug-likeness (QED) is 0.455. The summed E-state index contributed by atoms with van der Waals surface area (Å²) < 4.78 is 16.6. The molecule has 33 heavy (non-hydrogen) atoms. The molecule has 0 bridgehead atoms. The molecule has 1 amide bonds. The lowest BCUT2D eigenvalue weighted by Crippen LogP contribution is -2.41. The third kappa shape index (κ3) is 8.01. The van der Waals surface area contributed by atoms with E-state index >= 15 is 0 Å². The molecule has 9 heteroatoms. The van der Waals surface area contributed by atoms with Crippen LogP contribution in [0.15, 0.2) is 18.2 Å². The molecule has 182 valence electrons. The molecule has 1 heterocycles. The van der Waals surface area contributed by atoms with Gasteiger partial charge in [-0.3, -0.25) is 10.4 Å². The zero-order chi connectivity index (χ0) is 24.8. The van der Waals surface area contributed by atoms with Crippen molar-refractivity contribution in [2.45, 2.75) is 66.1 Å². The second-order valence-corrected chi connectivity index (χ2v) is 9.54. The van der Waals surface area contributed by atoms with E-state index in [4.69, 9.17) is 26.4 Å². The number of nitrogens with zero attached hydrogens (tertiary/aromatic N) is 1. The van der Waals surface area contributed by atoms with Crippen LogP contribution in [0, 0.1) is 13.8 Å². The van der Waals surface area contributed by atoms with Crippen molar-refractivity contribution in [1.29, 1.82) is 0 Å². The monoisotopic (exact) mass is 476 g/mol. The second kappa shape index (κ2) is 11.5. The van der Waals surface area contributed by atoms with Crippen molar-refractivity contribution in [3.05, 3.63) is 34.9 Å². The van der Waals surface area contributed by atoms with Crippen molar-refractivity contribution >= 4 is 23.4 Å². The van der Waals surface area contributed by atoms with Crippen LogP contribution in [-0.4, -0.2) is 53.4 Å². The summed E-state index contributed by atoms with van der Waals surface area (Å²) in [5.74, 6) is 0.475. The minimum absolute atomic E-state index is 0.0407. The Labute approximate surface area is 201 Å². The lowest BCUT2D eigenvalue weighted by Gasteiger charge is -2.23. The number of hydrogen-bond donors (Lipinski definition) is 3. The number of benzene rings is 1. The van der Waals surface area contributed by atoms with E-state index in [-0.39, 0.29) is 17.1 Å². The van der Waals surface area contributed by atoms with E-state index in [9.17, 15) is 4.79 Å².